The van der Waals surface area contributed by atoms with Gasteiger partial charge in [-0.1, -0.05) is 24.3 Å². The van der Waals surface area contributed by atoms with Crippen molar-refractivity contribution in [1.29, 1.82) is 0 Å². The van der Waals surface area contributed by atoms with Crippen molar-refractivity contribution in [3.8, 4) is 16.3 Å². The van der Waals surface area contributed by atoms with E-state index in [-0.39, 0.29) is 17.9 Å². The number of imide groups is 1. The number of carboxylic acid groups (broad SMARTS) is 1. The van der Waals surface area contributed by atoms with Crippen LogP contribution in [0.5, 0.6) is 0 Å². The first kappa shape index (κ1) is 19.2. The van der Waals surface area contributed by atoms with Gasteiger partial charge >= 0.3 is 5.97 Å². The van der Waals surface area contributed by atoms with Crippen molar-refractivity contribution in [2.45, 2.75) is 6.42 Å². The van der Waals surface area contributed by atoms with E-state index in [2.05, 4.69) is 5.10 Å². The van der Waals surface area contributed by atoms with Crippen LogP contribution < -0.4 is 0 Å². The van der Waals surface area contributed by atoms with Crippen LogP contribution in [0.25, 0.3) is 22.3 Å². The molecule has 3 aromatic rings. The van der Waals surface area contributed by atoms with Crippen LogP contribution in [0.2, 0.25) is 0 Å². The van der Waals surface area contributed by atoms with E-state index < -0.39 is 17.1 Å². The average molecular weight is 425 g/mol. The van der Waals surface area contributed by atoms with Gasteiger partial charge in [0.1, 0.15) is 5.69 Å². The topological polar surface area (TPSA) is 92.5 Å². The standard InChI is InChI=1S/C20H15N3O4S2/c24-17(25)8-9-22-19(26)16(29-20(22)27)11-13-12-23(14-5-2-1-3-6-14)21-18(13)15-7-4-10-28-15/h1-7,10-12H,8-9H2,(H,24,25)/b16-11+. The van der Waals surface area contributed by atoms with Gasteiger partial charge in [-0.15, -0.1) is 11.3 Å². The number of nitrogens with zero attached hydrogens (tertiary/aromatic N) is 3. The minimum atomic E-state index is -1.06. The number of hydrogen-bond donors (Lipinski definition) is 1. The minimum absolute atomic E-state index is 0.140. The van der Waals surface area contributed by atoms with Crippen LogP contribution in [-0.4, -0.2) is 43.4 Å². The lowest BCUT2D eigenvalue weighted by molar-refractivity contribution is -0.137. The van der Waals surface area contributed by atoms with Gasteiger partial charge in [0.25, 0.3) is 11.1 Å². The van der Waals surface area contributed by atoms with Gasteiger partial charge in [0, 0.05) is 18.3 Å². The van der Waals surface area contributed by atoms with Crippen molar-refractivity contribution in [3.05, 3.63) is 64.5 Å². The third-order valence-corrected chi connectivity index (χ3v) is 6.01. The monoisotopic (exact) mass is 425 g/mol. The molecule has 146 valence electrons. The number of amides is 2. The number of thioether (sulfide) groups is 1. The number of hydrogen-bond acceptors (Lipinski definition) is 6. The summed E-state index contributed by atoms with van der Waals surface area (Å²) in [6, 6.07) is 13.5. The van der Waals surface area contributed by atoms with E-state index in [9.17, 15) is 14.4 Å². The summed E-state index contributed by atoms with van der Waals surface area (Å²) in [6.45, 7) is -0.140. The van der Waals surface area contributed by atoms with E-state index in [0.29, 0.717) is 11.3 Å². The molecule has 2 amide bonds. The molecule has 3 heterocycles. The Morgan fingerprint density at radius 1 is 1.14 bits per heavy atom. The molecule has 1 aromatic carbocycles. The molecule has 2 aromatic heterocycles. The van der Waals surface area contributed by atoms with Crippen LogP contribution in [0.1, 0.15) is 12.0 Å². The van der Waals surface area contributed by atoms with Gasteiger partial charge in [0.15, 0.2) is 0 Å². The molecule has 0 atom stereocenters. The molecule has 1 aliphatic rings. The molecule has 1 fully saturated rings. The molecule has 0 saturated carbocycles. The molecule has 4 rings (SSSR count). The highest BCUT2D eigenvalue weighted by molar-refractivity contribution is 8.18. The maximum atomic E-state index is 12.6. The summed E-state index contributed by atoms with van der Waals surface area (Å²) in [7, 11) is 0. The zero-order valence-electron chi connectivity index (χ0n) is 15.0. The number of carboxylic acids is 1. The Labute approximate surface area is 174 Å². The third-order valence-electron chi connectivity index (χ3n) is 4.23. The Hall–Kier alpha value is -3.17. The van der Waals surface area contributed by atoms with E-state index in [0.717, 1.165) is 27.2 Å². The smallest absolute Gasteiger partial charge is 0.305 e. The van der Waals surface area contributed by atoms with Crippen molar-refractivity contribution in [2.75, 3.05) is 6.54 Å². The van der Waals surface area contributed by atoms with Crippen LogP contribution in [-0.2, 0) is 9.59 Å². The number of para-hydroxylation sites is 1. The quantitative estimate of drug-likeness (QED) is 0.598. The second kappa shape index (κ2) is 8.06. The summed E-state index contributed by atoms with van der Waals surface area (Å²) in [4.78, 5) is 37.7. The Morgan fingerprint density at radius 3 is 2.62 bits per heavy atom. The van der Waals surface area contributed by atoms with Crippen LogP contribution in [0.3, 0.4) is 0 Å². The largest absolute Gasteiger partial charge is 0.481 e. The molecular weight excluding hydrogens is 410 g/mol. The first-order valence-electron chi connectivity index (χ1n) is 8.69. The van der Waals surface area contributed by atoms with Crippen molar-refractivity contribution in [2.24, 2.45) is 0 Å². The summed E-state index contributed by atoms with van der Waals surface area (Å²) in [5.41, 5.74) is 2.29. The number of rotatable bonds is 6. The maximum absolute atomic E-state index is 12.6. The number of carbonyl (C=O) groups is 3. The van der Waals surface area contributed by atoms with Crippen molar-refractivity contribution in [1.82, 2.24) is 14.7 Å². The number of benzene rings is 1. The van der Waals surface area contributed by atoms with Crippen LogP contribution >= 0.6 is 23.1 Å². The first-order chi connectivity index (χ1) is 14.0. The fourth-order valence-electron chi connectivity index (χ4n) is 2.85. The highest BCUT2D eigenvalue weighted by Crippen LogP contribution is 2.35. The second-order valence-electron chi connectivity index (χ2n) is 6.17. The van der Waals surface area contributed by atoms with E-state index in [4.69, 9.17) is 5.11 Å². The summed E-state index contributed by atoms with van der Waals surface area (Å²) in [6.07, 6.45) is 3.18. The Balaban J connectivity index is 1.71. The van der Waals surface area contributed by atoms with E-state index in [1.165, 1.54) is 11.3 Å². The van der Waals surface area contributed by atoms with Crippen LogP contribution in [0.15, 0.2) is 58.9 Å². The fraction of sp³-hybridized carbons (Fsp3) is 0.100. The molecule has 1 saturated heterocycles. The van der Waals surface area contributed by atoms with Gasteiger partial charge < -0.3 is 5.11 Å². The molecule has 0 radical (unpaired) electrons. The van der Waals surface area contributed by atoms with Gasteiger partial charge in [-0.25, -0.2) is 4.68 Å². The van der Waals surface area contributed by atoms with E-state index in [1.807, 2.05) is 54.0 Å². The maximum Gasteiger partial charge on any atom is 0.305 e. The number of thiophene rings is 1. The first-order valence-corrected chi connectivity index (χ1v) is 10.4. The van der Waals surface area contributed by atoms with Gasteiger partial charge in [0.05, 0.1) is 21.9 Å². The molecule has 0 unspecified atom stereocenters. The summed E-state index contributed by atoms with van der Waals surface area (Å²) in [5.74, 6) is -1.54. The molecule has 1 N–H and O–H groups in total. The van der Waals surface area contributed by atoms with Crippen LogP contribution in [0, 0.1) is 0 Å². The number of aliphatic carboxylic acids is 1. The average Bonchev–Trinajstić information content (AvgIpc) is 3.42. The van der Waals surface area contributed by atoms with Crippen LogP contribution in [0.4, 0.5) is 4.79 Å². The third kappa shape index (κ3) is 4.01. The van der Waals surface area contributed by atoms with E-state index in [1.54, 1.807) is 10.8 Å². The molecule has 0 aliphatic carbocycles. The molecule has 9 heteroatoms. The predicted octanol–water partition coefficient (Wildman–Crippen LogP) is 4.11. The van der Waals surface area contributed by atoms with Gasteiger partial charge in [-0.05, 0) is 41.4 Å². The molecule has 7 nitrogen and oxygen atoms in total. The molecule has 29 heavy (non-hydrogen) atoms. The Kier molecular flexibility index (Phi) is 5.32. The minimum Gasteiger partial charge on any atom is -0.481 e. The molecule has 0 spiro atoms. The highest BCUT2D eigenvalue weighted by Gasteiger charge is 2.35. The summed E-state index contributed by atoms with van der Waals surface area (Å²) < 4.78 is 1.73. The van der Waals surface area contributed by atoms with Crippen molar-refractivity contribution in [3.63, 3.8) is 0 Å². The SMILES string of the molecule is O=C(O)CCN1C(=O)S/C(=C/c2cn(-c3ccccc3)nc2-c2cccs2)C1=O. The Morgan fingerprint density at radius 2 is 1.93 bits per heavy atom. The predicted molar refractivity (Wildman–Crippen MR) is 112 cm³/mol. The molecule has 1 aliphatic heterocycles. The summed E-state index contributed by atoms with van der Waals surface area (Å²) in [5, 5.41) is 15.0. The second-order valence-corrected chi connectivity index (χ2v) is 8.11. The number of aromatic nitrogens is 2. The van der Waals surface area contributed by atoms with Crippen molar-refractivity contribution < 1.29 is 19.5 Å². The lowest BCUT2D eigenvalue weighted by Gasteiger charge is -2.09. The zero-order valence-corrected chi connectivity index (χ0v) is 16.7. The van der Waals surface area contributed by atoms with Crippen molar-refractivity contribution >= 4 is 46.3 Å². The lowest BCUT2D eigenvalue weighted by Crippen LogP contribution is -2.30. The fourth-order valence-corrected chi connectivity index (χ4v) is 4.44. The van der Waals surface area contributed by atoms with Gasteiger partial charge in [0.2, 0.25) is 0 Å². The zero-order chi connectivity index (χ0) is 20.4. The van der Waals surface area contributed by atoms with E-state index >= 15 is 0 Å². The Bertz CT molecular complexity index is 1100. The highest BCUT2D eigenvalue weighted by atomic mass is 32.2. The molecule has 0 bridgehead atoms. The summed E-state index contributed by atoms with van der Waals surface area (Å²) >= 11 is 2.34. The van der Waals surface area contributed by atoms with Gasteiger partial charge in [-0.3, -0.25) is 19.3 Å². The number of carbonyl (C=O) groups excluding carboxylic acids is 2. The molecular formula is C20H15N3O4S2. The lowest BCUT2D eigenvalue weighted by atomic mass is 10.2. The van der Waals surface area contributed by atoms with Gasteiger partial charge in [-0.2, -0.15) is 5.10 Å². The normalized spacial score (nSPS) is 15.4.